The van der Waals surface area contributed by atoms with E-state index in [1.807, 2.05) is 18.7 Å². The molecule has 0 bridgehead atoms. The minimum Gasteiger partial charge on any atom is -0.480 e. The van der Waals surface area contributed by atoms with Gasteiger partial charge in [-0.1, -0.05) is 26.7 Å². The van der Waals surface area contributed by atoms with Crippen molar-refractivity contribution in [2.24, 2.45) is 0 Å². The van der Waals surface area contributed by atoms with Gasteiger partial charge in [-0.2, -0.15) is 0 Å². The Bertz CT molecular complexity index is 405. The van der Waals surface area contributed by atoms with Crippen LogP contribution in [0.2, 0.25) is 0 Å². The molecule has 0 aromatic rings. The summed E-state index contributed by atoms with van der Waals surface area (Å²) < 4.78 is 26.3. The molecule has 0 amide bonds. The van der Waals surface area contributed by atoms with Crippen LogP contribution in [0.1, 0.15) is 46.0 Å². The van der Waals surface area contributed by atoms with Crippen molar-refractivity contribution >= 4 is 16.0 Å². The average molecular weight is 306 g/mol. The number of unbranched alkanes of at least 4 members (excludes halogenated alkanes) is 2. The molecule has 1 saturated carbocycles. The molecule has 1 aliphatic rings. The highest BCUT2D eigenvalue weighted by Gasteiger charge is 2.35. The quantitative estimate of drug-likeness (QED) is 0.589. The number of rotatable bonds is 10. The second-order valence-corrected chi connectivity index (χ2v) is 7.30. The molecular weight excluding hydrogens is 280 g/mol. The lowest BCUT2D eigenvalue weighted by Crippen LogP contribution is -2.55. The Labute approximate surface area is 121 Å². The average Bonchev–Trinajstić information content (AvgIpc) is 2.30. The van der Waals surface area contributed by atoms with E-state index in [4.69, 9.17) is 5.11 Å². The van der Waals surface area contributed by atoms with E-state index in [0.29, 0.717) is 25.8 Å². The molecular formula is C13H26N2O4S. The van der Waals surface area contributed by atoms with E-state index in [1.165, 1.54) is 0 Å². The van der Waals surface area contributed by atoms with Crippen LogP contribution in [0.4, 0.5) is 0 Å². The first-order valence-electron chi connectivity index (χ1n) is 7.33. The number of nitrogens with zero attached hydrogens (tertiary/aromatic N) is 1. The molecule has 0 atom stereocenters. The van der Waals surface area contributed by atoms with Gasteiger partial charge in [0, 0.05) is 12.1 Å². The third kappa shape index (κ3) is 5.76. The van der Waals surface area contributed by atoms with Crippen molar-refractivity contribution < 1.29 is 18.3 Å². The molecule has 0 aromatic heterocycles. The van der Waals surface area contributed by atoms with Gasteiger partial charge in [0.15, 0.2) is 0 Å². The van der Waals surface area contributed by atoms with E-state index < -0.39 is 16.0 Å². The molecule has 20 heavy (non-hydrogen) atoms. The maximum Gasteiger partial charge on any atom is 0.317 e. The van der Waals surface area contributed by atoms with Gasteiger partial charge < -0.3 is 5.11 Å². The molecule has 6 nitrogen and oxygen atoms in total. The topological polar surface area (TPSA) is 86.7 Å². The fourth-order valence-electron chi connectivity index (χ4n) is 2.51. The van der Waals surface area contributed by atoms with Crippen molar-refractivity contribution in [1.82, 2.24) is 9.62 Å². The zero-order valence-electron chi connectivity index (χ0n) is 12.3. The second kappa shape index (κ2) is 7.95. The number of nitrogens with one attached hydrogen (secondary N) is 1. The van der Waals surface area contributed by atoms with Crippen LogP contribution in [-0.4, -0.2) is 55.3 Å². The van der Waals surface area contributed by atoms with E-state index in [-0.39, 0.29) is 24.4 Å². The van der Waals surface area contributed by atoms with Crippen LogP contribution >= 0.6 is 0 Å². The number of aliphatic carboxylic acids is 1. The minimum atomic E-state index is -3.18. The maximum absolute atomic E-state index is 11.8. The number of sulfonamides is 1. The molecule has 0 aromatic carbocycles. The lowest BCUT2D eigenvalue weighted by Gasteiger charge is -2.42. The van der Waals surface area contributed by atoms with E-state index in [9.17, 15) is 13.2 Å². The van der Waals surface area contributed by atoms with Crippen LogP contribution in [0.5, 0.6) is 0 Å². The number of likely N-dealkylation sites (N-methyl/N-ethyl adjacent to an activating group) is 1. The number of carbonyl (C=O) groups is 1. The summed E-state index contributed by atoms with van der Waals surface area (Å²) in [5, 5.41) is 8.80. The Hall–Kier alpha value is -0.660. The predicted molar refractivity (Wildman–Crippen MR) is 78.1 cm³/mol. The molecule has 118 valence electrons. The zero-order valence-corrected chi connectivity index (χ0v) is 13.2. The van der Waals surface area contributed by atoms with Crippen LogP contribution in [-0.2, 0) is 14.8 Å². The molecule has 7 heteroatoms. The van der Waals surface area contributed by atoms with Crippen LogP contribution in [0, 0.1) is 0 Å². The molecule has 0 aliphatic heterocycles. The smallest absolute Gasteiger partial charge is 0.317 e. The molecule has 2 N–H and O–H groups in total. The minimum absolute atomic E-state index is 0.0249. The summed E-state index contributed by atoms with van der Waals surface area (Å²) >= 11 is 0. The second-order valence-electron chi connectivity index (χ2n) is 5.42. The first kappa shape index (κ1) is 17.4. The van der Waals surface area contributed by atoms with Gasteiger partial charge in [0.05, 0.1) is 12.3 Å². The Morgan fingerprint density at radius 1 is 1.30 bits per heavy atom. The number of carboxylic acid groups (broad SMARTS) is 1. The normalized spacial score (nSPS) is 22.8. The highest BCUT2D eigenvalue weighted by Crippen LogP contribution is 2.26. The van der Waals surface area contributed by atoms with Gasteiger partial charge in [-0.05, 0) is 25.8 Å². The van der Waals surface area contributed by atoms with Crippen LogP contribution in [0.15, 0.2) is 0 Å². The van der Waals surface area contributed by atoms with Crippen LogP contribution in [0.3, 0.4) is 0 Å². The van der Waals surface area contributed by atoms with E-state index in [2.05, 4.69) is 4.72 Å². The fourth-order valence-corrected chi connectivity index (χ4v) is 3.91. The zero-order chi connectivity index (χ0) is 15.2. The van der Waals surface area contributed by atoms with Gasteiger partial charge in [-0.15, -0.1) is 0 Å². The van der Waals surface area contributed by atoms with Crippen molar-refractivity contribution in [3.63, 3.8) is 0 Å². The monoisotopic (exact) mass is 306 g/mol. The third-order valence-electron chi connectivity index (χ3n) is 3.74. The van der Waals surface area contributed by atoms with Crippen LogP contribution < -0.4 is 4.72 Å². The van der Waals surface area contributed by atoms with Gasteiger partial charge in [-0.25, -0.2) is 13.1 Å². The van der Waals surface area contributed by atoms with Gasteiger partial charge in [0.1, 0.15) is 0 Å². The Morgan fingerprint density at radius 2 is 1.95 bits per heavy atom. The molecule has 1 rings (SSSR count). The SMILES string of the molecule is CCCCCS(=O)(=O)NC1CC(N(CC)CC(=O)O)C1. The Balaban J connectivity index is 2.31. The molecule has 0 unspecified atom stereocenters. The summed E-state index contributed by atoms with van der Waals surface area (Å²) in [6, 6.07) is 0.147. The molecule has 0 spiro atoms. The fraction of sp³-hybridized carbons (Fsp3) is 0.923. The Morgan fingerprint density at radius 3 is 2.45 bits per heavy atom. The van der Waals surface area contributed by atoms with Crippen molar-refractivity contribution in [2.45, 2.75) is 58.0 Å². The molecule has 0 heterocycles. The highest BCUT2D eigenvalue weighted by atomic mass is 32.2. The highest BCUT2D eigenvalue weighted by molar-refractivity contribution is 7.89. The summed E-state index contributed by atoms with van der Waals surface area (Å²) in [5.41, 5.74) is 0. The van der Waals surface area contributed by atoms with Gasteiger partial charge in [0.2, 0.25) is 10.0 Å². The number of hydrogen-bond donors (Lipinski definition) is 2. The van der Waals surface area contributed by atoms with E-state index >= 15 is 0 Å². The lowest BCUT2D eigenvalue weighted by atomic mass is 9.86. The molecule has 0 saturated heterocycles. The summed E-state index contributed by atoms with van der Waals surface area (Å²) in [4.78, 5) is 12.6. The number of hydrogen-bond acceptors (Lipinski definition) is 4. The van der Waals surface area contributed by atoms with Crippen molar-refractivity contribution in [3.05, 3.63) is 0 Å². The standard InChI is InChI=1S/C13H26N2O4S/c1-3-5-6-7-20(18,19)14-11-8-12(9-11)15(4-2)10-13(16)17/h11-12,14H,3-10H2,1-2H3,(H,16,17). The van der Waals surface area contributed by atoms with Crippen molar-refractivity contribution in [2.75, 3.05) is 18.8 Å². The predicted octanol–water partition coefficient (Wildman–Crippen LogP) is 1.03. The summed E-state index contributed by atoms with van der Waals surface area (Å²) in [5.74, 6) is -0.648. The van der Waals surface area contributed by atoms with E-state index in [0.717, 1.165) is 12.8 Å². The summed E-state index contributed by atoms with van der Waals surface area (Å²) in [6.45, 7) is 4.66. The first-order valence-corrected chi connectivity index (χ1v) is 8.99. The van der Waals surface area contributed by atoms with Crippen molar-refractivity contribution in [3.8, 4) is 0 Å². The number of carboxylic acids is 1. The first-order chi connectivity index (χ1) is 9.38. The summed E-state index contributed by atoms with van der Waals surface area (Å²) in [7, 11) is -3.18. The van der Waals surface area contributed by atoms with Gasteiger partial charge >= 0.3 is 5.97 Å². The third-order valence-corrected chi connectivity index (χ3v) is 5.26. The van der Waals surface area contributed by atoms with E-state index in [1.54, 1.807) is 0 Å². The summed E-state index contributed by atoms with van der Waals surface area (Å²) in [6.07, 6.45) is 4.03. The largest absolute Gasteiger partial charge is 0.480 e. The lowest BCUT2D eigenvalue weighted by molar-refractivity contribution is -0.139. The van der Waals surface area contributed by atoms with Crippen molar-refractivity contribution in [1.29, 1.82) is 0 Å². The van der Waals surface area contributed by atoms with Gasteiger partial charge in [-0.3, -0.25) is 9.69 Å². The Kier molecular flexibility index (Phi) is 6.91. The maximum atomic E-state index is 11.8. The van der Waals surface area contributed by atoms with Crippen LogP contribution in [0.25, 0.3) is 0 Å². The van der Waals surface area contributed by atoms with Gasteiger partial charge in [0.25, 0.3) is 0 Å². The molecule has 0 radical (unpaired) electrons. The molecule has 1 aliphatic carbocycles. The molecule has 1 fully saturated rings.